The number of hydrogen-bond acceptors (Lipinski definition) is 2. The average Bonchev–Trinajstić information content (AvgIpc) is 2.85. The number of nitrogens with one attached hydrogen (secondary N) is 1. The number of hydrogen-bond donors (Lipinski definition) is 1. The number of nitrogens with zero attached hydrogens (tertiary/aromatic N) is 1. The lowest BCUT2D eigenvalue weighted by Crippen LogP contribution is -2.43. The Morgan fingerprint density at radius 3 is 2.63 bits per heavy atom. The first kappa shape index (κ1) is 13.9. The molecule has 3 fully saturated rings. The SMILES string of the molecule is CC1CCCCC1NCCN1CCC2CCCCC21. The van der Waals surface area contributed by atoms with Gasteiger partial charge in [0, 0.05) is 25.2 Å². The number of rotatable bonds is 4. The molecule has 1 aliphatic heterocycles. The molecule has 1 heterocycles. The Morgan fingerprint density at radius 1 is 0.947 bits per heavy atom. The van der Waals surface area contributed by atoms with E-state index < -0.39 is 0 Å². The highest BCUT2D eigenvalue weighted by atomic mass is 15.2. The molecule has 110 valence electrons. The van der Waals surface area contributed by atoms with Crippen molar-refractivity contribution in [3.05, 3.63) is 0 Å². The van der Waals surface area contributed by atoms with Gasteiger partial charge in [0.15, 0.2) is 0 Å². The van der Waals surface area contributed by atoms with Gasteiger partial charge in [-0.2, -0.15) is 0 Å². The molecule has 0 bridgehead atoms. The molecule has 3 rings (SSSR count). The highest BCUT2D eigenvalue weighted by Gasteiger charge is 2.35. The molecule has 0 aromatic heterocycles. The van der Waals surface area contributed by atoms with Crippen LogP contribution in [0.25, 0.3) is 0 Å². The van der Waals surface area contributed by atoms with Gasteiger partial charge < -0.3 is 5.32 Å². The van der Waals surface area contributed by atoms with Gasteiger partial charge >= 0.3 is 0 Å². The van der Waals surface area contributed by atoms with Gasteiger partial charge in [0.05, 0.1) is 0 Å². The van der Waals surface area contributed by atoms with Gasteiger partial charge in [0.2, 0.25) is 0 Å². The molecule has 19 heavy (non-hydrogen) atoms. The van der Waals surface area contributed by atoms with Crippen molar-refractivity contribution in [1.29, 1.82) is 0 Å². The zero-order valence-electron chi connectivity index (χ0n) is 12.7. The van der Waals surface area contributed by atoms with E-state index in [0.717, 1.165) is 23.9 Å². The van der Waals surface area contributed by atoms with Crippen LogP contribution in [0.4, 0.5) is 0 Å². The van der Waals surface area contributed by atoms with Crippen molar-refractivity contribution >= 4 is 0 Å². The van der Waals surface area contributed by atoms with Gasteiger partial charge in [-0.15, -0.1) is 0 Å². The average molecular weight is 264 g/mol. The van der Waals surface area contributed by atoms with Crippen molar-refractivity contribution in [2.24, 2.45) is 11.8 Å². The van der Waals surface area contributed by atoms with Crippen LogP contribution in [0.15, 0.2) is 0 Å². The summed E-state index contributed by atoms with van der Waals surface area (Å²) in [6.07, 6.45) is 13.2. The van der Waals surface area contributed by atoms with E-state index in [2.05, 4.69) is 17.1 Å². The Hall–Kier alpha value is -0.0800. The van der Waals surface area contributed by atoms with E-state index in [0.29, 0.717) is 0 Å². The molecule has 2 heteroatoms. The maximum absolute atomic E-state index is 3.85. The van der Waals surface area contributed by atoms with E-state index in [1.807, 2.05) is 0 Å². The molecule has 2 nitrogen and oxygen atoms in total. The monoisotopic (exact) mass is 264 g/mol. The third-order valence-corrected chi connectivity index (χ3v) is 6.04. The fraction of sp³-hybridized carbons (Fsp3) is 1.00. The molecule has 0 radical (unpaired) electrons. The van der Waals surface area contributed by atoms with E-state index in [1.165, 1.54) is 77.4 Å². The fourth-order valence-corrected chi connectivity index (χ4v) is 4.79. The summed E-state index contributed by atoms with van der Waals surface area (Å²) in [5.41, 5.74) is 0. The van der Waals surface area contributed by atoms with Crippen LogP contribution in [0.5, 0.6) is 0 Å². The van der Waals surface area contributed by atoms with Crippen molar-refractivity contribution in [1.82, 2.24) is 10.2 Å². The first-order valence-electron chi connectivity index (χ1n) is 8.82. The molecule has 4 atom stereocenters. The predicted octanol–water partition coefficient (Wildman–Crippen LogP) is 3.42. The largest absolute Gasteiger partial charge is 0.312 e. The van der Waals surface area contributed by atoms with Gasteiger partial charge in [-0.25, -0.2) is 0 Å². The van der Waals surface area contributed by atoms with Crippen LogP contribution in [0.2, 0.25) is 0 Å². The molecule has 3 aliphatic rings. The minimum absolute atomic E-state index is 0.804. The van der Waals surface area contributed by atoms with E-state index >= 15 is 0 Å². The molecule has 1 N–H and O–H groups in total. The lowest BCUT2D eigenvalue weighted by molar-refractivity contribution is 0.176. The minimum Gasteiger partial charge on any atom is -0.312 e. The molecule has 4 unspecified atom stereocenters. The van der Waals surface area contributed by atoms with Crippen molar-refractivity contribution in [3.63, 3.8) is 0 Å². The van der Waals surface area contributed by atoms with E-state index in [9.17, 15) is 0 Å². The molecule has 0 aromatic carbocycles. The second-order valence-corrected chi connectivity index (χ2v) is 7.26. The van der Waals surface area contributed by atoms with Crippen LogP contribution in [0, 0.1) is 11.8 Å². The van der Waals surface area contributed by atoms with Crippen molar-refractivity contribution in [3.8, 4) is 0 Å². The maximum atomic E-state index is 3.85. The summed E-state index contributed by atoms with van der Waals surface area (Å²) in [4.78, 5) is 2.80. The first-order valence-corrected chi connectivity index (χ1v) is 8.82. The Kier molecular flexibility index (Phi) is 4.81. The maximum Gasteiger partial charge on any atom is 0.0124 e. The van der Waals surface area contributed by atoms with Gasteiger partial charge in [-0.3, -0.25) is 4.90 Å². The summed E-state index contributed by atoms with van der Waals surface area (Å²) >= 11 is 0. The zero-order valence-corrected chi connectivity index (χ0v) is 12.7. The van der Waals surface area contributed by atoms with E-state index in [4.69, 9.17) is 0 Å². The normalized spacial score (nSPS) is 40.3. The Labute approximate surface area is 119 Å². The summed E-state index contributed by atoms with van der Waals surface area (Å²) in [7, 11) is 0. The van der Waals surface area contributed by atoms with E-state index in [1.54, 1.807) is 0 Å². The van der Waals surface area contributed by atoms with Crippen LogP contribution in [0.1, 0.15) is 64.7 Å². The topological polar surface area (TPSA) is 15.3 Å². The fourth-order valence-electron chi connectivity index (χ4n) is 4.79. The van der Waals surface area contributed by atoms with Crippen molar-refractivity contribution in [2.45, 2.75) is 76.8 Å². The molecule has 0 amide bonds. The summed E-state index contributed by atoms with van der Waals surface area (Å²) in [6, 6.07) is 1.75. The van der Waals surface area contributed by atoms with Crippen LogP contribution >= 0.6 is 0 Å². The zero-order chi connectivity index (χ0) is 13.1. The van der Waals surface area contributed by atoms with Crippen LogP contribution in [-0.4, -0.2) is 36.6 Å². The highest BCUT2D eigenvalue weighted by Crippen LogP contribution is 2.35. The van der Waals surface area contributed by atoms with Crippen LogP contribution in [-0.2, 0) is 0 Å². The predicted molar refractivity (Wildman–Crippen MR) is 81.4 cm³/mol. The summed E-state index contributed by atoms with van der Waals surface area (Å²) in [6.45, 7) is 6.32. The number of fused-ring (bicyclic) bond motifs is 1. The van der Waals surface area contributed by atoms with Crippen molar-refractivity contribution in [2.75, 3.05) is 19.6 Å². The Bertz CT molecular complexity index is 278. The van der Waals surface area contributed by atoms with Gasteiger partial charge in [-0.05, 0) is 50.5 Å². The first-order chi connectivity index (χ1) is 9.34. The van der Waals surface area contributed by atoms with Crippen LogP contribution in [0.3, 0.4) is 0 Å². The molecular formula is C17H32N2. The highest BCUT2D eigenvalue weighted by molar-refractivity contribution is 4.90. The second kappa shape index (κ2) is 6.58. The van der Waals surface area contributed by atoms with Crippen molar-refractivity contribution < 1.29 is 0 Å². The molecule has 0 aromatic rings. The lowest BCUT2D eigenvalue weighted by Gasteiger charge is -2.33. The molecular weight excluding hydrogens is 232 g/mol. The minimum atomic E-state index is 0.804. The smallest absolute Gasteiger partial charge is 0.0124 e. The Morgan fingerprint density at radius 2 is 1.74 bits per heavy atom. The lowest BCUT2D eigenvalue weighted by atomic mass is 9.85. The number of likely N-dealkylation sites (tertiary alicyclic amines) is 1. The second-order valence-electron chi connectivity index (χ2n) is 7.26. The van der Waals surface area contributed by atoms with E-state index in [-0.39, 0.29) is 0 Å². The standard InChI is InChI=1S/C17H32N2/c1-14-6-2-4-8-16(14)18-11-13-19-12-10-15-7-3-5-9-17(15)19/h14-18H,2-13H2,1H3. The molecule has 2 aliphatic carbocycles. The molecule has 1 saturated heterocycles. The summed E-state index contributed by atoms with van der Waals surface area (Å²) < 4.78 is 0. The van der Waals surface area contributed by atoms with Crippen LogP contribution < -0.4 is 5.32 Å². The Balaban J connectivity index is 1.40. The quantitative estimate of drug-likeness (QED) is 0.837. The van der Waals surface area contributed by atoms with Gasteiger partial charge in [0.1, 0.15) is 0 Å². The summed E-state index contributed by atoms with van der Waals surface area (Å²) in [5, 5.41) is 3.85. The third-order valence-electron chi connectivity index (χ3n) is 6.04. The third kappa shape index (κ3) is 3.33. The molecule has 0 spiro atoms. The summed E-state index contributed by atoms with van der Waals surface area (Å²) in [5.74, 6) is 1.94. The van der Waals surface area contributed by atoms with Gasteiger partial charge in [0.25, 0.3) is 0 Å². The molecule has 2 saturated carbocycles. The van der Waals surface area contributed by atoms with Gasteiger partial charge in [-0.1, -0.05) is 32.6 Å².